The number of nitrogens with one attached hydrogen (secondary N) is 1. The number of amides is 1. The Hall–Kier alpha value is -2.78. The fourth-order valence-corrected chi connectivity index (χ4v) is 2.34. The lowest BCUT2D eigenvalue weighted by atomic mass is 10.2. The average molecular weight is 338 g/mol. The van der Waals surface area contributed by atoms with Crippen LogP contribution in [0, 0.1) is 0 Å². The first-order valence-corrected chi connectivity index (χ1v) is 7.94. The molecule has 4 heteroatoms. The van der Waals surface area contributed by atoms with Gasteiger partial charge >= 0.3 is 0 Å². The zero-order chi connectivity index (χ0) is 16.8. The summed E-state index contributed by atoms with van der Waals surface area (Å²) in [5.74, 6) is 1.19. The maximum Gasteiger partial charge on any atom is 0.244 e. The van der Waals surface area contributed by atoms with Crippen LogP contribution in [0.4, 0.5) is 0 Å². The van der Waals surface area contributed by atoms with Crippen LogP contribution in [0.5, 0.6) is 0 Å². The normalized spacial score (nSPS) is 10.9. The third-order valence-corrected chi connectivity index (χ3v) is 3.72. The predicted molar refractivity (Wildman–Crippen MR) is 96.5 cm³/mol. The number of furan rings is 1. The van der Waals surface area contributed by atoms with Crippen LogP contribution in [-0.2, 0) is 11.3 Å². The molecule has 0 saturated heterocycles. The van der Waals surface area contributed by atoms with Gasteiger partial charge in [-0.25, -0.2) is 0 Å². The number of rotatable bonds is 5. The molecule has 0 aliphatic carbocycles. The van der Waals surface area contributed by atoms with Gasteiger partial charge in [0, 0.05) is 23.2 Å². The first-order chi connectivity index (χ1) is 11.7. The molecular formula is C20H16ClNO2. The van der Waals surface area contributed by atoms with E-state index in [1.807, 2.05) is 66.7 Å². The summed E-state index contributed by atoms with van der Waals surface area (Å²) >= 11 is 5.88. The van der Waals surface area contributed by atoms with Crippen LogP contribution in [0.2, 0.25) is 5.02 Å². The zero-order valence-electron chi connectivity index (χ0n) is 12.9. The van der Waals surface area contributed by atoms with Crippen LogP contribution in [0.15, 0.2) is 77.2 Å². The molecule has 0 aliphatic rings. The number of benzene rings is 2. The van der Waals surface area contributed by atoms with E-state index in [2.05, 4.69) is 5.32 Å². The van der Waals surface area contributed by atoms with Crippen LogP contribution in [0.25, 0.3) is 17.4 Å². The van der Waals surface area contributed by atoms with Crippen LogP contribution in [-0.4, -0.2) is 5.91 Å². The number of carbonyl (C=O) groups is 1. The lowest BCUT2D eigenvalue weighted by Crippen LogP contribution is -2.20. The van der Waals surface area contributed by atoms with Gasteiger partial charge in [-0.2, -0.15) is 0 Å². The molecule has 1 aromatic heterocycles. The van der Waals surface area contributed by atoms with E-state index in [1.165, 1.54) is 6.08 Å². The molecule has 3 rings (SSSR count). The van der Waals surface area contributed by atoms with E-state index in [4.69, 9.17) is 16.0 Å². The quantitative estimate of drug-likeness (QED) is 0.671. The standard InChI is InChI=1S/C20H16ClNO2/c21-17-8-6-16(7-9-17)19-12-10-18(24-19)11-13-20(23)22-14-15-4-2-1-3-5-15/h1-13H,14H2,(H,22,23)/b13-11+. The molecule has 0 bridgehead atoms. The Morgan fingerprint density at radius 1 is 1.00 bits per heavy atom. The Balaban J connectivity index is 1.58. The summed E-state index contributed by atoms with van der Waals surface area (Å²) in [6.07, 6.45) is 3.12. The Kier molecular flexibility index (Phi) is 5.14. The van der Waals surface area contributed by atoms with Crippen molar-refractivity contribution in [1.29, 1.82) is 0 Å². The summed E-state index contributed by atoms with van der Waals surface area (Å²) < 4.78 is 5.71. The molecule has 0 fully saturated rings. The van der Waals surface area contributed by atoms with Gasteiger partial charge in [0.25, 0.3) is 0 Å². The minimum Gasteiger partial charge on any atom is -0.457 e. The maximum absolute atomic E-state index is 11.8. The van der Waals surface area contributed by atoms with Crippen LogP contribution in [0.3, 0.4) is 0 Å². The van der Waals surface area contributed by atoms with E-state index in [9.17, 15) is 4.79 Å². The molecule has 24 heavy (non-hydrogen) atoms. The van der Waals surface area contributed by atoms with Crippen LogP contribution >= 0.6 is 11.6 Å². The monoisotopic (exact) mass is 337 g/mol. The Labute approximate surface area is 145 Å². The first kappa shape index (κ1) is 16.1. The highest BCUT2D eigenvalue weighted by Gasteiger charge is 2.03. The van der Waals surface area contributed by atoms with Crippen LogP contribution in [0.1, 0.15) is 11.3 Å². The number of hydrogen-bond donors (Lipinski definition) is 1. The molecule has 1 heterocycles. The van der Waals surface area contributed by atoms with E-state index >= 15 is 0 Å². The van der Waals surface area contributed by atoms with Gasteiger partial charge in [0.1, 0.15) is 11.5 Å². The largest absolute Gasteiger partial charge is 0.457 e. The fourth-order valence-electron chi connectivity index (χ4n) is 2.21. The summed E-state index contributed by atoms with van der Waals surface area (Å²) in [5, 5.41) is 3.51. The fraction of sp³-hybridized carbons (Fsp3) is 0.0500. The molecule has 1 amide bonds. The maximum atomic E-state index is 11.8. The summed E-state index contributed by atoms with van der Waals surface area (Å²) in [6.45, 7) is 0.498. The summed E-state index contributed by atoms with van der Waals surface area (Å²) in [6, 6.07) is 20.9. The molecule has 120 valence electrons. The van der Waals surface area contributed by atoms with Gasteiger partial charge in [-0.3, -0.25) is 4.79 Å². The molecule has 0 atom stereocenters. The summed E-state index contributed by atoms with van der Waals surface area (Å²) in [4.78, 5) is 11.8. The molecule has 0 saturated carbocycles. The number of halogens is 1. The topological polar surface area (TPSA) is 42.2 Å². The highest BCUT2D eigenvalue weighted by Crippen LogP contribution is 2.24. The van der Waals surface area contributed by atoms with Gasteiger partial charge in [-0.15, -0.1) is 0 Å². The van der Waals surface area contributed by atoms with Crippen molar-refractivity contribution in [2.75, 3.05) is 0 Å². The molecule has 0 spiro atoms. The van der Waals surface area contributed by atoms with Crippen molar-refractivity contribution in [3.8, 4) is 11.3 Å². The number of hydrogen-bond acceptors (Lipinski definition) is 2. The van der Waals surface area contributed by atoms with Crippen LogP contribution < -0.4 is 5.32 Å². The van der Waals surface area contributed by atoms with Crippen molar-refractivity contribution in [2.24, 2.45) is 0 Å². The van der Waals surface area contributed by atoms with Gasteiger partial charge in [-0.1, -0.05) is 41.9 Å². The van der Waals surface area contributed by atoms with E-state index in [0.29, 0.717) is 17.3 Å². The molecule has 1 N–H and O–H groups in total. The minimum absolute atomic E-state index is 0.164. The van der Waals surface area contributed by atoms with Gasteiger partial charge in [0.2, 0.25) is 5.91 Å². The zero-order valence-corrected chi connectivity index (χ0v) is 13.7. The molecule has 3 nitrogen and oxygen atoms in total. The van der Waals surface area contributed by atoms with Gasteiger partial charge in [0.15, 0.2) is 0 Å². The molecule has 0 aliphatic heterocycles. The SMILES string of the molecule is O=C(/C=C/c1ccc(-c2ccc(Cl)cc2)o1)NCc1ccccc1. The van der Waals surface area contributed by atoms with E-state index in [1.54, 1.807) is 6.08 Å². The third kappa shape index (κ3) is 4.37. The summed E-state index contributed by atoms with van der Waals surface area (Å²) in [7, 11) is 0. The first-order valence-electron chi connectivity index (χ1n) is 7.56. The van der Waals surface area contributed by atoms with Crippen molar-refractivity contribution in [2.45, 2.75) is 6.54 Å². The van der Waals surface area contributed by atoms with E-state index < -0.39 is 0 Å². The second kappa shape index (κ2) is 7.66. The van der Waals surface area contributed by atoms with Crippen molar-refractivity contribution in [3.05, 3.63) is 89.2 Å². The number of carbonyl (C=O) groups excluding carboxylic acids is 1. The van der Waals surface area contributed by atoms with Crippen molar-refractivity contribution < 1.29 is 9.21 Å². The Bertz CT molecular complexity index is 836. The third-order valence-electron chi connectivity index (χ3n) is 3.46. The molecular weight excluding hydrogens is 322 g/mol. The van der Waals surface area contributed by atoms with E-state index in [0.717, 1.165) is 16.9 Å². The van der Waals surface area contributed by atoms with Crippen molar-refractivity contribution in [3.63, 3.8) is 0 Å². The molecule has 0 radical (unpaired) electrons. The van der Waals surface area contributed by atoms with E-state index in [-0.39, 0.29) is 5.91 Å². The van der Waals surface area contributed by atoms with Gasteiger partial charge in [-0.05, 0) is 48.0 Å². The minimum atomic E-state index is -0.164. The van der Waals surface area contributed by atoms with Gasteiger partial charge in [0.05, 0.1) is 0 Å². The summed E-state index contributed by atoms with van der Waals surface area (Å²) in [5.41, 5.74) is 2.00. The highest BCUT2D eigenvalue weighted by molar-refractivity contribution is 6.30. The average Bonchev–Trinajstić information content (AvgIpc) is 3.09. The van der Waals surface area contributed by atoms with Crippen molar-refractivity contribution >= 4 is 23.6 Å². The lowest BCUT2D eigenvalue weighted by Gasteiger charge is -2.01. The second-order valence-corrected chi connectivity index (χ2v) is 5.68. The van der Waals surface area contributed by atoms with Gasteiger partial charge < -0.3 is 9.73 Å². The van der Waals surface area contributed by atoms with Crippen molar-refractivity contribution in [1.82, 2.24) is 5.32 Å². The Morgan fingerprint density at radius 2 is 1.75 bits per heavy atom. The predicted octanol–water partition coefficient (Wildman–Crippen LogP) is 4.93. The molecule has 3 aromatic rings. The Morgan fingerprint density at radius 3 is 2.50 bits per heavy atom. The highest BCUT2D eigenvalue weighted by atomic mass is 35.5. The molecule has 0 unspecified atom stereocenters. The smallest absolute Gasteiger partial charge is 0.244 e. The lowest BCUT2D eigenvalue weighted by molar-refractivity contribution is -0.116. The molecule has 2 aromatic carbocycles. The second-order valence-electron chi connectivity index (χ2n) is 5.25.